The Bertz CT molecular complexity index is 1530. The van der Waals surface area contributed by atoms with Gasteiger partial charge in [-0.05, 0) is 42.9 Å². The number of ketones is 1. The summed E-state index contributed by atoms with van der Waals surface area (Å²) in [5, 5.41) is 8.14. The van der Waals surface area contributed by atoms with Gasteiger partial charge in [-0.1, -0.05) is 46.2 Å². The summed E-state index contributed by atoms with van der Waals surface area (Å²) >= 11 is 0. The van der Waals surface area contributed by atoms with E-state index in [1.807, 2.05) is 6.92 Å². The van der Waals surface area contributed by atoms with E-state index >= 15 is 0 Å². The predicted molar refractivity (Wildman–Crippen MR) is 178 cm³/mol. The van der Waals surface area contributed by atoms with Gasteiger partial charge in [0.05, 0.1) is 44.2 Å². The van der Waals surface area contributed by atoms with E-state index in [0.717, 1.165) is 12.8 Å². The van der Waals surface area contributed by atoms with Gasteiger partial charge in [-0.3, -0.25) is 29.5 Å². The second kappa shape index (κ2) is 15.2. The van der Waals surface area contributed by atoms with Gasteiger partial charge in [-0.2, -0.15) is 0 Å². The first-order valence-electron chi connectivity index (χ1n) is 17.1. The molecule has 15 nitrogen and oxygen atoms in total. The molecule has 1 aliphatic carbocycles. The number of hydrogen-bond donors (Lipinski definition) is 4. The number of benzene rings is 1. The molecule has 3 fully saturated rings. The Balaban J connectivity index is 1.43. The number of carbonyl (C=O) groups is 6. The van der Waals surface area contributed by atoms with Crippen molar-refractivity contribution in [3.8, 4) is 0 Å². The van der Waals surface area contributed by atoms with Crippen molar-refractivity contribution in [3.05, 3.63) is 41.5 Å². The van der Waals surface area contributed by atoms with E-state index in [1.54, 1.807) is 51.1 Å². The molecule has 15 heteroatoms. The molecule has 5 atom stereocenters. The smallest absolute Gasteiger partial charge is 0.408 e. The van der Waals surface area contributed by atoms with Crippen molar-refractivity contribution in [1.82, 2.24) is 26.3 Å². The summed E-state index contributed by atoms with van der Waals surface area (Å²) in [5.74, 6) is -3.22. The highest BCUT2D eigenvalue weighted by Gasteiger charge is 2.54. The Kier molecular flexibility index (Phi) is 11.2. The van der Waals surface area contributed by atoms with Gasteiger partial charge in [0.1, 0.15) is 23.8 Å². The Hall–Kier alpha value is -4.50. The van der Waals surface area contributed by atoms with E-state index in [-0.39, 0.29) is 32.0 Å². The number of rotatable bonds is 12. The summed E-state index contributed by atoms with van der Waals surface area (Å²) in [7, 11) is 1.29. The minimum absolute atomic E-state index is 0.0141. The number of carbonyl (C=O) groups excluding carboxylic acids is 6. The topological polar surface area (TPSA) is 191 Å². The molecule has 3 aliphatic heterocycles. The van der Waals surface area contributed by atoms with E-state index < -0.39 is 70.8 Å². The first kappa shape index (κ1) is 36.8. The largest absolute Gasteiger partial charge is 0.465 e. The zero-order valence-corrected chi connectivity index (χ0v) is 29.2. The number of likely N-dealkylation sites (tertiary alicyclic amines) is 1. The average molecular weight is 698 g/mol. The number of amides is 4. The lowest BCUT2D eigenvalue weighted by atomic mass is 9.85. The van der Waals surface area contributed by atoms with Gasteiger partial charge in [0.25, 0.3) is 5.91 Å². The lowest BCUT2D eigenvalue weighted by molar-refractivity contribution is -0.144. The summed E-state index contributed by atoms with van der Waals surface area (Å²) in [6.07, 6.45) is 3.38. The summed E-state index contributed by atoms with van der Waals surface area (Å²) < 4.78 is 15.6. The number of hydrogen-bond acceptors (Lipinski definition) is 11. The molecular formula is C35H47N5O10. The van der Waals surface area contributed by atoms with Gasteiger partial charge in [-0.25, -0.2) is 9.59 Å². The fourth-order valence-corrected chi connectivity index (χ4v) is 6.29. The molecular weight excluding hydrogens is 650 g/mol. The minimum atomic E-state index is -1.20. The van der Waals surface area contributed by atoms with Crippen LogP contribution in [0.5, 0.6) is 0 Å². The molecule has 1 aromatic carbocycles. The third-order valence-corrected chi connectivity index (χ3v) is 9.19. The Morgan fingerprint density at radius 2 is 1.86 bits per heavy atom. The number of Topliss-reactive ketones (excluding diaryl/α,β-unsaturated/α-hetero) is 1. The average Bonchev–Trinajstić information content (AvgIpc) is 3.43. The summed E-state index contributed by atoms with van der Waals surface area (Å²) in [5.41, 5.74) is 2.31. The monoisotopic (exact) mass is 697 g/mol. The molecule has 0 radical (unpaired) electrons. The summed E-state index contributed by atoms with van der Waals surface area (Å²) in [6.45, 7) is 7.81. The van der Waals surface area contributed by atoms with E-state index in [0.29, 0.717) is 36.3 Å². The highest BCUT2D eigenvalue weighted by molar-refractivity contribution is 6.38. The molecule has 1 aromatic rings. The van der Waals surface area contributed by atoms with Crippen LogP contribution in [0.1, 0.15) is 82.1 Å². The van der Waals surface area contributed by atoms with Crippen LogP contribution in [0.4, 0.5) is 4.79 Å². The highest BCUT2D eigenvalue weighted by atomic mass is 16.7. The van der Waals surface area contributed by atoms with Crippen LogP contribution in [0.25, 0.3) is 5.70 Å². The van der Waals surface area contributed by atoms with Crippen LogP contribution in [-0.4, -0.2) is 103 Å². The number of nitrogens with zero attached hydrogens (tertiary/aromatic N) is 1. The second-order valence-electron chi connectivity index (χ2n) is 14.4. The maximum absolute atomic E-state index is 14.5. The maximum Gasteiger partial charge on any atom is 0.408 e. The van der Waals surface area contributed by atoms with Gasteiger partial charge in [0.2, 0.25) is 17.6 Å². The molecule has 3 heterocycles. The van der Waals surface area contributed by atoms with Crippen LogP contribution < -0.4 is 21.4 Å². The van der Waals surface area contributed by atoms with Crippen molar-refractivity contribution < 1.29 is 47.8 Å². The number of ether oxygens (including phenoxy) is 3. The first-order valence-corrected chi connectivity index (χ1v) is 17.1. The number of nitrogens with one attached hydrogen (secondary N) is 4. The normalized spacial score (nSPS) is 24.1. The molecule has 4 aliphatic rings. The van der Waals surface area contributed by atoms with Gasteiger partial charge in [0, 0.05) is 24.4 Å². The van der Waals surface area contributed by atoms with Gasteiger partial charge in [-0.15, -0.1) is 0 Å². The predicted octanol–water partition coefficient (Wildman–Crippen LogP) is 1.75. The molecule has 0 bridgehead atoms. The van der Waals surface area contributed by atoms with E-state index in [9.17, 15) is 28.8 Å². The molecule has 1 saturated carbocycles. The van der Waals surface area contributed by atoms with Crippen LogP contribution >= 0.6 is 0 Å². The van der Waals surface area contributed by atoms with Crippen molar-refractivity contribution in [2.24, 2.45) is 5.41 Å². The van der Waals surface area contributed by atoms with E-state index in [4.69, 9.17) is 19.0 Å². The molecule has 272 valence electrons. The molecule has 0 unspecified atom stereocenters. The lowest BCUT2D eigenvalue weighted by Crippen LogP contribution is -2.59. The summed E-state index contributed by atoms with van der Waals surface area (Å²) in [6, 6.07) is 3.30. The minimum Gasteiger partial charge on any atom is -0.465 e. The SMILES string of the molecule is CCC[C@H](NC(=O)[C@@H]1C[C@]2(C=C(c3cccc(C(=O)OC)c3)NO2)CN1C(=O)[C@@H](NC(=O)O[C@H]1CCOC1)C(C)(C)C)C(=O)C(=O)NC1CC1. The molecule has 5 rings (SSSR count). The van der Waals surface area contributed by atoms with Crippen LogP contribution in [0.2, 0.25) is 0 Å². The van der Waals surface area contributed by atoms with E-state index in [2.05, 4.69) is 21.4 Å². The quantitative estimate of drug-likeness (QED) is 0.184. The lowest BCUT2D eigenvalue weighted by Gasteiger charge is -2.35. The number of esters is 1. The fraction of sp³-hybridized carbons (Fsp3) is 0.600. The van der Waals surface area contributed by atoms with Gasteiger partial charge < -0.3 is 35.1 Å². The second-order valence-corrected chi connectivity index (χ2v) is 14.4. The fourth-order valence-electron chi connectivity index (χ4n) is 6.29. The molecule has 4 N–H and O–H groups in total. The number of methoxy groups -OCH3 is 1. The Morgan fingerprint density at radius 1 is 1.10 bits per heavy atom. The van der Waals surface area contributed by atoms with Crippen molar-refractivity contribution in [2.45, 2.75) is 102 Å². The van der Waals surface area contributed by atoms with Gasteiger partial charge >= 0.3 is 12.1 Å². The van der Waals surface area contributed by atoms with Crippen molar-refractivity contribution >= 4 is 41.3 Å². The third kappa shape index (κ3) is 8.62. The molecule has 50 heavy (non-hydrogen) atoms. The molecule has 1 spiro atoms. The Morgan fingerprint density at radius 3 is 2.50 bits per heavy atom. The highest BCUT2D eigenvalue weighted by Crippen LogP contribution is 2.39. The standard InChI is InChI=1S/C35H47N5O10/c1-6-8-24(27(41)30(43)36-22-11-12-22)37-29(42)26-17-35(16-25(39-50-35)20-9-7-10-21(15-20)32(45)47-5)19-40(26)31(44)28(34(2,3)4)38-33(46)49-23-13-14-48-18-23/h7,9-10,15-16,22-24,26,28,39H,6,8,11-14,17-19H2,1-5H3,(H,36,43)(H,37,42)(H,38,46)/t23-,24-,26-,28+,35+/m0/s1. The molecule has 4 amide bonds. The third-order valence-electron chi connectivity index (χ3n) is 9.19. The van der Waals surface area contributed by atoms with Gasteiger partial charge in [0.15, 0.2) is 0 Å². The van der Waals surface area contributed by atoms with Crippen LogP contribution in [0.15, 0.2) is 30.3 Å². The number of alkyl carbamates (subject to hydrolysis) is 1. The van der Waals surface area contributed by atoms with Crippen LogP contribution in [-0.2, 0) is 38.2 Å². The van der Waals surface area contributed by atoms with Crippen LogP contribution in [0, 0.1) is 5.41 Å². The zero-order chi connectivity index (χ0) is 36.2. The maximum atomic E-state index is 14.5. The van der Waals surface area contributed by atoms with Crippen molar-refractivity contribution in [1.29, 1.82) is 0 Å². The molecule has 0 aromatic heterocycles. The first-order chi connectivity index (χ1) is 23.7. The number of hydroxylamine groups is 1. The molecule has 2 saturated heterocycles. The summed E-state index contributed by atoms with van der Waals surface area (Å²) in [4.78, 5) is 87.0. The van der Waals surface area contributed by atoms with Crippen LogP contribution in [0.3, 0.4) is 0 Å². The van der Waals surface area contributed by atoms with E-state index in [1.165, 1.54) is 12.0 Å². The van der Waals surface area contributed by atoms with Crippen molar-refractivity contribution in [3.63, 3.8) is 0 Å². The zero-order valence-electron chi connectivity index (χ0n) is 29.2. The van der Waals surface area contributed by atoms with Crippen molar-refractivity contribution in [2.75, 3.05) is 26.9 Å². The Labute approximate surface area is 291 Å².